The first-order valence-electron chi connectivity index (χ1n) is 8.08. The fourth-order valence-corrected chi connectivity index (χ4v) is 2.96. The van der Waals surface area contributed by atoms with E-state index in [1.807, 2.05) is 24.3 Å². The summed E-state index contributed by atoms with van der Waals surface area (Å²) in [7, 11) is 1.64. The second-order valence-electron chi connectivity index (χ2n) is 6.58. The van der Waals surface area contributed by atoms with E-state index in [9.17, 15) is 14.7 Å². The van der Waals surface area contributed by atoms with Crippen molar-refractivity contribution < 1.29 is 19.4 Å². The minimum Gasteiger partial charge on any atom is -0.497 e. The molecule has 1 aliphatic carbocycles. The summed E-state index contributed by atoms with van der Waals surface area (Å²) in [4.78, 5) is 23.3. The molecule has 0 aromatic heterocycles. The first-order valence-corrected chi connectivity index (χ1v) is 8.08. The number of carboxylic acids is 1. The van der Waals surface area contributed by atoms with Gasteiger partial charge in [-0.3, -0.25) is 9.59 Å². The largest absolute Gasteiger partial charge is 0.497 e. The summed E-state index contributed by atoms with van der Waals surface area (Å²) < 4.78 is 5.13. The summed E-state index contributed by atoms with van der Waals surface area (Å²) in [6.45, 7) is 2.63. The van der Waals surface area contributed by atoms with Gasteiger partial charge in [-0.05, 0) is 42.9 Å². The average Bonchev–Trinajstić information content (AvgIpc) is 2.49. The second kappa shape index (κ2) is 7.49. The fraction of sp³-hybridized carbons (Fsp3) is 0.556. The third-order valence-electron chi connectivity index (χ3n) is 4.65. The molecule has 2 N–H and O–H groups in total. The lowest BCUT2D eigenvalue weighted by molar-refractivity contribution is -0.157. The van der Waals surface area contributed by atoms with Crippen LogP contribution in [-0.4, -0.2) is 30.6 Å². The van der Waals surface area contributed by atoms with Crippen molar-refractivity contribution in [3.63, 3.8) is 0 Å². The van der Waals surface area contributed by atoms with Gasteiger partial charge in [0.1, 0.15) is 5.75 Å². The van der Waals surface area contributed by atoms with Crippen LogP contribution in [0.15, 0.2) is 24.3 Å². The summed E-state index contributed by atoms with van der Waals surface area (Å²) in [5.74, 6) is 0.113. The van der Waals surface area contributed by atoms with Crippen LogP contribution in [0.4, 0.5) is 0 Å². The second-order valence-corrected chi connectivity index (χ2v) is 6.58. The van der Waals surface area contributed by atoms with Crippen molar-refractivity contribution in [1.82, 2.24) is 5.32 Å². The van der Waals surface area contributed by atoms with Gasteiger partial charge in [0.05, 0.1) is 12.5 Å². The number of hydrogen-bond donors (Lipinski definition) is 2. The van der Waals surface area contributed by atoms with Gasteiger partial charge in [-0.15, -0.1) is 0 Å². The van der Waals surface area contributed by atoms with E-state index in [2.05, 4.69) is 12.2 Å². The summed E-state index contributed by atoms with van der Waals surface area (Å²) in [6, 6.07) is 7.89. The summed E-state index contributed by atoms with van der Waals surface area (Å²) in [5.41, 5.74) is 0.372. The van der Waals surface area contributed by atoms with Crippen molar-refractivity contribution in [2.24, 2.45) is 11.3 Å². The van der Waals surface area contributed by atoms with E-state index in [0.29, 0.717) is 19.4 Å². The van der Waals surface area contributed by atoms with Crippen LogP contribution in [-0.2, 0) is 16.0 Å². The van der Waals surface area contributed by atoms with Gasteiger partial charge < -0.3 is 15.2 Å². The van der Waals surface area contributed by atoms with E-state index >= 15 is 0 Å². The lowest BCUT2D eigenvalue weighted by Crippen LogP contribution is -2.43. The SMILES string of the molecule is COc1ccc(CC(C)CNC(=O)CC2(C(=O)O)CCC2)cc1. The smallest absolute Gasteiger partial charge is 0.310 e. The zero-order chi connectivity index (χ0) is 16.9. The number of benzene rings is 1. The fourth-order valence-electron chi connectivity index (χ4n) is 2.96. The van der Waals surface area contributed by atoms with Crippen LogP contribution in [0.3, 0.4) is 0 Å². The molecule has 0 bridgehead atoms. The number of carboxylic acid groups (broad SMARTS) is 1. The number of hydrogen-bond acceptors (Lipinski definition) is 3. The quantitative estimate of drug-likeness (QED) is 0.772. The Balaban J connectivity index is 1.76. The molecule has 0 heterocycles. The molecule has 0 aliphatic heterocycles. The normalized spacial score (nSPS) is 17.0. The van der Waals surface area contributed by atoms with Crippen molar-refractivity contribution in [3.8, 4) is 5.75 Å². The molecule has 0 radical (unpaired) electrons. The van der Waals surface area contributed by atoms with Gasteiger partial charge in [0.25, 0.3) is 0 Å². The summed E-state index contributed by atoms with van der Waals surface area (Å²) in [5, 5.41) is 12.1. The average molecular weight is 319 g/mol. The molecule has 1 aliphatic rings. The number of rotatable bonds is 8. The van der Waals surface area contributed by atoms with E-state index in [-0.39, 0.29) is 18.2 Å². The van der Waals surface area contributed by atoms with Crippen LogP contribution in [0.2, 0.25) is 0 Å². The highest BCUT2D eigenvalue weighted by Gasteiger charge is 2.45. The first-order chi connectivity index (χ1) is 10.9. The minimum atomic E-state index is -0.842. The highest BCUT2D eigenvalue weighted by molar-refractivity contribution is 5.85. The molecule has 1 aromatic rings. The third-order valence-corrected chi connectivity index (χ3v) is 4.65. The number of carbonyl (C=O) groups is 2. The Kier molecular flexibility index (Phi) is 5.64. The molecule has 5 nitrogen and oxygen atoms in total. The third kappa shape index (κ3) is 4.47. The van der Waals surface area contributed by atoms with Crippen LogP contribution in [0.1, 0.15) is 38.2 Å². The topological polar surface area (TPSA) is 75.6 Å². The number of nitrogens with one attached hydrogen (secondary N) is 1. The zero-order valence-corrected chi connectivity index (χ0v) is 13.8. The lowest BCUT2D eigenvalue weighted by atomic mass is 9.66. The van der Waals surface area contributed by atoms with Crippen LogP contribution >= 0.6 is 0 Å². The van der Waals surface area contributed by atoms with Crippen LogP contribution < -0.4 is 10.1 Å². The Morgan fingerprint density at radius 3 is 2.43 bits per heavy atom. The molecule has 1 unspecified atom stereocenters. The maximum Gasteiger partial charge on any atom is 0.310 e. The number of ether oxygens (including phenoxy) is 1. The van der Waals surface area contributed by atoms with E-state index in [1.54, 1.807) is 7.11 Å². The van der Waals surface area contributed by atoms with E-state index in [0.717, 1.165) is 18.6 Å². The predicted octanol–water partition coefficient (Wildman–Crippen LogP) is 2.64. The molecule has 23 heavy (non-hydrogen) atoms. The molecule has 0 saturated heterocycles. The Hall–Kier alpha value is -2.04. The van der Waals surface area contributed by atoms with Gasteiger partial charge in [0.15, 0.2) is 0 Å². The Morgan fingerprint density at radius 2 is 1.96 bits per heavy atom. The van der Waals surface area contributed by atoms with Crippen molar-refractivity contribution in [1.29, 1.82) is 0 Å². The molecule has 1 aromatic carbocycles. The lowest BCUT2D eigenvalue weighted by Gasteiger charge is -2.37. The Labute approximate surface area is 137 Å². The molecule has 1 atom stereocenters. The maximum absolute atomic E-state index is 12.0. The molecule has 1 fully saturated rings. The number of amides is 1. The summed E-state index contributed by atoms with van der Waals surface area (Å²) >= 11 is 0. The standard InChI is InChI=1S/C18H25NO4/c1-13(10-14-4-6-15(23-2)7-5-14)12-19-16(20)11-18(17(21)22)8-3-9-18/h4-7,13H,3,8-12H2,1-2H3,(H,19,20)(H,21,22). The first kappa shape index (κ1) is 17.3. The van der Waals surface area contributed by atoms with Gasteiger partial charge in [-0.2, -0.15) is 0 Å². The number of aliphatic carboxylic acids is 1. The Bertz CT molecular complexity index is 549. The molecule has 126 valence electrons. The van der Waals surface area contributed by atoms with Crippen LogP contribution in [0.5, 0.6) is 5.75 Å². The summed E-state index contributed by atoms with van der Waals surface area (Å²) in [6.07, 6.45) is 3.06. The van der Waals surface area contributed by atoms with Crippen LogP contribution in [0, 0.1) is 11.3 Å². The van der Waals surface area contributed by atoms with Gasteiger partial charge in [0.2, 0.25) is 5.91 Å². The van der Waals surface area contributed by atoms with Crippen molar-refractivity contribution in [2.75, 3.05) is 13.7 Å². The van der Waals surface area contributed by atoms with E-state index in [4.69, 9.17) is 4.74 Å². The highest BCUT2D eigenvalue weighted by atomic mass is 16.5. The van der Waals surface area contributed by atoms with Gasteiger partial charge in [-0.25, -0.2) is 0 Å². The molecule has 1 amide bonds. The zero-order valence-electron chi connectivity index (χ0n) is 13.8. The molecule has 1 saturated carbocycles. The molecule has 0 spiro atoms. The highest BCUT2D eigenvalue weighted by Crippen LogP contribution is 2.44. The van der Waals surface area contributed by atoms with E-state index in [1.165, 1.54) is 5.56 Å². The Morgan fingerprint density at radius 1 is 1.30 bits per heavy atom. The van der Waals surface area contributed by atoms with Gasteiger partial charge in [0, 0.05) is 13.0 Å². The van der Waals surface area contributed by atoms with Crippen molar-refractivity contribution >= 4 is 11.9 Å². The monoisotopic (exact) mass is 319 g/mol. The van der Waals surface area contributed by atoms with Gasteiger partial charge in [-0.1, -0.05) is 25.5 Å². The van der Waals surface area contributed by atoms with Gasteiger partial charge >= 0.3 is 5.97 Å². The molecule has 2 rings (SSSR count). The molecule has 5 heteroatoms. The number of methoxy groups -OCH3 is 1. The van der Waals surface area contributed by atoms with E-state index < -0.39 is 11.4 Å². The predicted molar refractivity (Wildman–Crippen MR) is 87.4 cm³/mol. The number of carbonyl (C=O) groups excluding carboxylic acids is 1. The molecular formula is C18H25NO4. The van der Waals surface area contributed by atoms with Crippen molar-refractivity contribution in [3.05, 3.63) is 29.8 Å². The van der Waals surface area contributed by atoms with Crippen molar-refractivity contribution in [2.45, 2.75) is 39.0 Å². The minimum absolute atomic E-state index is 0.0948. The van der Waals surface area contributed by atoms with Crippen LogP contribution in [0.25, 0.3) is 0 Å². The maximum atomic E-state index is 12.0. The molecular weight excluding hydrogens is 294 g/mol.